The van der Waals surface area contributed by atoms with Crippen LogP contribution in [0, 0.1) is 17.2 Å². The van der Waals surface area contributed by atoms with Crippen molar-refractivity contribution < 1.29 is 19.1 Å². The van der Waals surface area contributed by atoms with Crippen LogP contribution in [-0.2, 0) is 20.8 Å². The Bertz CT molecular complexity index is 1060. The number of rotatable bonds is 8. The minimum absolute atomic E-state index is 0.147. The number of carbonyl (C=O) groups is 2. The number of nitriles is 1. The number of hydrogen-bond acceptors (Lipinski definition) is 7. The number of piperidine rings is 1. The first-order valence-corrected chi connectivity index (χ1v) is 15.3. The van der Waals surface area contributed by atoms with E-state index < -0.39 is 17.7 Å². The van der Waals surface area contributed by atoms with Gasteiger partial charge < -0.3 is 24.6 Å². The molecule has 2 amide bonds. The van der Waals surface area contributed by atoms with E-state index in [4.69, 9.17) is 14.5 Å². The summed E-state index contributed by atoms with van der Waals surface area (Å²) in [6.07, 6.45) is 6.84. The van der Waals surface area contributed by atoms with Gasteiger partial charge in [0.2, 0.25) is 11.9 Å². The number of hydrogen-bond donors (Lipinski definition) is 1. The van der Waals surface area contributed by atoms with Gasteiger partial charge in [-0.1, -0.05) is 62.4 Å². The Balaban J connectivity index is 1.76. The average molecular weight is 567 g/mol. The Morgan fingerprint density at radius 3 is 2.49 bits per heavy atom. The first-order chi connectivity index (χ1) is 20.0. The van der Waals surface area contributed by atoms with Gasteiger partial charge >= 0.3 is 6.09 Å². The van der Waals surface area contributed by atoms with Crippen LogP contribution < -0.4 is 5.32 Å². The zero-order chi connectivity index (χ0) is 29.1. The summed E-state index contributed by atoms with van der Waals surface area (Å²) in [6, 6.07) is 11.7. The van der Waals surface area contributed by atoms with Gasteiger partial charge in [0.1, 0.15) is 11.6 Å². The van der Waals surface area contributed by atoms with Crippen molar-refractivity contribution in [2.75, 3.05) is 53.0 Å². The molecule has 1 saturated carbocycles. The smallest absolute Gasteiger partial charge is 0.416 e. The van der Waals surface area contributed by atoms with Crippen molar-refractivity contribution in [3.63, 3.8) is 0 Å². The molecular formula is C31H46N6O4. The van der Waals surface area contributed by atoms with Crippen molar-refractivity contribution in [1.82, 2.24) is 20.0 Å². The molecule has 41 heavy (non-hydrogen) atoms. The molecule has 0 bridgehead atoms. The Morgan fingerprint density at radius 1 is 1.17 bits per heavy atom. The molecule has 4 rings (SSSR count). The van der Waals surface area contributed by atoms with Crippen molar-refractivity contribution >= 4 is 18.0 Å². The van der Waals surface area contributed by atoms with Crippen LogP contribution in [0.25, 0.3) is 0 Å². The number of ether oxygens (including phenoxy) is 2. The molecule has 2 aliphatic heterocycles. The van der Waals surface area contributed by atoms with E-state index in [1.54, 1.807) is 18.9 Å². The molecular weight excluding hydrogens is 520 g/mol. The lowest BCUT2D eigenvalue weighted by Crippen LogP contribution is -2.58. The van der Waals surface area contributed by atoms with Crippen LogP contribution in [0.3, 0.4) is 0 Å². The minimum atomic E-state index is -0.926. The van der Waals surface area contributed by atoms with E-state index in [1.807, 2.05) is 35.2 Å². The summed E-state index contributed by atoms with van der Waals surface area (Å²) in [5, 5.41) is 13.9. The Morgan fingerprint density at radius 2 is 1.85 bits per heavy atom. The van der Waals surface area contributed by atoms with E-state index in [-0.39, 0.29) is 12.5 Å². The predicted octanol–water partition coefficient (Wildman–Crippen LogP) is 3.78. The highest BCUT2D eigenvalue weighted by molar-refractivity contribution is 5.95. The summed E-state index contributed by atoms with van der Waals surface area (Å²) in [5.74, 6) is 0.646. The third-order valence-corrected chi connectivity index (χ3v) is 8.58. The van der Waals surface area contributed by atoms with E-state index in [0.717, 1.165) is 31.2 Å². The van der Waals surface area contributed by atoms with E-state index in [2.05, 4.69) is 11.4 Å². The number of amides is 2. The molecule has 2 heterocycles. The van der Waals surface area contributed by atoms with Crippen molar-refractivity contribution in [2.24, 2.45) is 10.9 Å². The van der Waals surface area contributed by atoms with Crippen LogP contribution in [0.2, 0.25) is 0 Å². The molecule has 224 valence electrons. The molecule has 1 unspecified atom stereocenters. The maximum atomic E-state index is 14.8. The standard InChI is InChI=1S/C31H46N6O4/c1-3-41-30(39)35(2)29(36-18-20-40-21-19-36)34-27(22-25-10-6-4-7-11-25)28(38)37(23-26-12-8-5-9-13-26)31(24-32)14-16-33-17-15-31/h5,8-9,12-13,25,27,33H,3-4,6-7,10-11,14-23H2,1-2H3/b34-29-. The van der Waals surface area contributed by atoms with Crippen LogP contribution in [0.1, 0.15) is 63.9 Å². The number of aliphatic imine (C=N–C) groups is 1. The molecule has 1 atom stereocenters. The summed E-state index contributed by atoms with van der Waals surface area (Å²) < 4.78 is 10.9. The fourth-order valence-electron chi connectivity index (χ4n) is 6.20. The van der Waals surface area contributed by atoms with Gasteiger partial charge in [-0.05, 0) is 50.8 Å². The molecule has 1 aromatic carbocycles. The Labute approximate surface area is 244 Å². The van der Waals surface area contributed by atoms with E-state index in [0.29, 0.717) is 77.1 Å². The molecule has 3 fully saturated rings. The number of benzene rings is 1. The summed E-state index contributed by atoms with van der Waals surface area (Å²) in [7, 11) is 1.65. The van der Waals surface area contributed by atoms with Crippen molar-refractivity contribution in [2.45, 2.75) is 76.4 Å². The van der Waals surface area contributed by atoms with Gasteiger partial charge in [-0.3, -0.25) is 9.69 Å². The van der Waals surface area contributed by atoms with Crippen molar-refractivity contribution in [1.29, 1.82) is 5.26 Å². The number of morpholine rings is 1. The lowest BCUT2D eigenvalue weighted by atomic mass is 9.83. The molecule has 1 aromatic rings. The first-order valence-electron chi connectivity index (χ1n) is 15.3. The highest BCUT2D eigenvalue weighted by Crippen LogP contribution is 2.33. The highest BCUT2D eigenvalue weighted by Gasteiger charge is 2.44. The average Bonchev–Trinajstić information content (AvgIpc) is 3.03. The number of nitrogens with one attached hydrogen (secondary N) is 1. The number of carbonyl (C=O) groups excluding carboxylic acids is 2. The molecule has 10 heteroatoms. The Kier molecular flexibility index (Phi) is 11.4. The van der Waals surface area contributed by atoms with Gasteiger partial charge in [-0.25, -0.2) is 9.79 Å². The molecule has 10 nitrogen and oxygen atoms in total. The van der Waals surface area contributed by atoms with Crippen LogP contribution in [0.4, 0.5) is 4.79 Å². The molecule has 0 aromatic heterocycles. The van der Waals surface area contributed by atoms with E-state index >= 15 is 0 Å². The summed E-state index contributed by atoms with van der Waals surface area (Å²) >= 11 is 0. The van der Waals surface area contributed by atoms with E-state index in [1.165, 1.54) is 11.3 Å². The molecule has 1 N–H and O–H groups in total. The van der Waals surface area contributed by atoms with Gasteiger partial charge in [0.25, 0.3) is 0 Å². The van der Waals surface area contributed by atoms with Crippen LogP contribution >= 0.6 is 0 Å². The molecule has 0 spiro atoms. The van der Waals surface area contributed by atoms with Crippen LogP contribution in [0.15, 0.2) is 35.3 Å². The predicted molar refractivity (Wildman–Crippen MR) is 157 cm³/mol. The third kappa shape index (κ3) is 7.98. The molecule has 2 saturated heterocycles. The number of guanidine groups is 1. The molecule has 3 aliphatic rings. The van der Waals surface area contributed by atoms with Gasteiger partial charge in [0.05, 0.1) is 25.9 Å². The summed E-state index contributed by atoms with van der Waals surface area (Å²) in [4.78, 5) is 38.0. The quantitative estimate of drug-likeness (QED) is 0.377. The maximum absolute atomic E-state index is 14.8. The topological polar surface area (TPSA) is 110 Å². The third-order valence-electron chi connectivity index (χ3n) is 8.58. The van der Waals surface area contributed by atoms with E-state index in [9.17, 15) is 14.9 Å². The fraction of sp³-hybridized carbons (Fsp3) is 0.677. The SMILES string of the molecule is CCOC(=O)N(C)/C(=N/C(CC1CCCCC1)C(=O)N(Cc1ccccc1)C1(C#N)CCNCC1)N1CCOCC1. The second kappa shape index (κ2) is 15.2. The Hall–Kier alpha value is -3.16. The van der Waals surface area contributed by atoms with Gasteiger partial charge in [-0.2, -0.15) is 5.26 Å². The van der Waals surface area contributed by atoms with Crippen LogP contribution in [-0.4, -0.2) is 97.3 Å². The normalized spacial score (nSPS) is 20.5. The zero-order valence-corrected chi connectivity index (χ0v) is 24.7. The van der Waals surface area contributed by atoms with Crippen molar-refractivity contribution in [3.8, 4) is 6.07 Å². The largest absolute Gasteiger partial charge is 0.449 e. The fourth-order valence-corrected chi connectivity index (χ4v) is 6.20. The lowest BCUT2D eigenvalue weighted by molar-refractivity contribution is -0.139. The van der Waals surface area contributed by atoms with Gasteiger partial charge in [-0.15, -0.1) is 0 Å². The zero-order valence-electron chi connectivity index (χ0n) is 24.7. The summed E-state index contributed by atoms with van der Waals surface area (Å²) in [5.41, 5.74) is 0.0523. The van der Waals surface area contributed by atoms with Gasteiger partial charge in [0, 0.05) is 26.7 Å². The lowest BCUT2D eigenvalue weighted by Gasteiger charge is -2.43. The second-order valence-corrected chi connectivity index (χ2v) is 11.3. The molecule has 1 aliphatic carbocycles. The molecule has 0 radical (unpaired) electrons. The second-order valence-electron chi connectivity index (χ2n) is 11.3. The van der Waals surface area contributed by atoms with Crippen LogP contribution in [0.5, 0.6) is 0 Å². The van der Waals surface area contributed by atoms with Crippen molar-refractivity contribution in [3.05, 3.63) is 35.9 Å². The minimum Gasteiger partial charge on any atom is -0.449 e. The first kappa shape index (κ1) is 30.8. The summed E-state index contributed by atoms with van der Waals surface area (Å²) in [6.45, 7) is 5.86. The number of nitrogens with zero attached hydrogens (tertiary/aromatic N) is 5. The highest BCUT2D eigenvalue weighted by atomic mass is 16.6. The van der Waals surface area contributed by atoms with Gasteiger partial charge in [0.15, 0.2) is 0 Å². The monoisotopic (exact) mass is 566 g/mol. The maximum Gasteiger partial charge on any atom is 0.416 e.